The maximum absolute atomic E-state index is 15.6. The molecule has 5 rings (SSSR count). The summed E-state index contributed by atoms with van der Waals surface area (Å²) < 4.78 is 42.1. The van der Waals surface area contributed by atoms with E-state index >= 15 is 8.78 Å². The van der Waals surface area contributed by atoms with Gasteiger partial charge >= 0.3 is 5.97 Å². The van der Waals surface area contributed by atoms with Crippen molar-refractivity contribution < 1.29 is 28.2 Å². The molecule has 3 aromatic carbocycles. The van der Waals surface area contributed by atoms with Crippen molar-refractivity contribution in [2.45, 2.75) is 77.2 Å². The Bertz CT molecular complexity index is 1380. The van der Waals surface area contributed by atoms with Crippen LogP contribution in [-0.4, -0.2) is 18.2 Å². The second-order valence-electron chi connectivity index (χ2n) is 12.1. The van der Waals surface area contributed by atoms with Gasteiger partial charge in [-0.1, -0.05) is 45.2 Å². The molecular weight excluding hydrogens is 510 g/mol. The van der Waals surface area contributed by atoms with Crippen molar-refractivity contribution >= 4 is 5.97 Å². The first-order valence-electron chi connectivity index (χ1n) is 14.3. The Balaban J connectivity index is 1.45. The second kappa shape index (κ2) is 11.6. The van der Waals surface area contributed by atoms with E-state index in [1.807, 2.05) is 30.3 Å². The van der Waals surface area contributed by atoms with E-state index in [-0.39, 0.29) is 30.3 Å². The molecule has 0 aliphatic heterocycles. The molecular formula is C34H38F2O4. The number of carbonyl (C=O) groups is 1. The highest BCUT2D eigenvalue weighted by Crippen LogP contribution is 2.51. The van der Waals surface area contributed by atoms with E-state index < -0.39 is 17.6 Å². The molecule has 2 aliphatic rings. The van der Waals surface area contributed by atoms with E-state index in [4.69, 9.17) is 9.47 Å². The molecule has 0 bridgehead atoms. The van der Waals surface area contributed by atoms with Crippen molar-refractivity contribution in [2.24, 2.45) is 11.3 Å². The number of halogens is 2. The number of ether oxygens (including phenoxy) is 2. The van der Waals surface area contributed by atoms with Crippen molar-refractivity contribution in [3.63, 3.8) is 0 Å². The largest absolute Gasteiger partial charge is 0.497 e. The van der Waals surface area contributed by atoms with Crippen LogP contribution in [0.1, 0.15) is 87.3 Å². The summed E-state index contributed by atoms with van der Waals surface area (Å²) in [4.78, 5) is 11.5. The highest BCUT2D eigenvalue weighted by atomic mass is 19.1. The van der Waals surface area contributed by atoms with Crippen LogP contribution in [0.15, 0.2) is 54.6 Å². The van der Waals surface area contributed by atoms with Gasteiger partial charge in [-0.2, -0.15) is 0 Å². The van der Waals surface area contributed by atoms with Crippen LogP contribution < -0.4 is 9.47 Å². The fourth-order valence-corrected chi connectivity index (χ4v) is 6.33. The van der Waals surface area contributed by atoms with Gasteiger partial charge in [0, 0.05) is 11.1 Å². The molecule has 1 N–H and O–H groups in total. The standard InChI is InChI=1S/C34H38F2O4/c1-34(2)13-5-8-30(34)28-16-24(32(36)19-27(28)29-18-25(39-3)11-12-31(29)35)20-40-26-7-4-6-22(15-26)23(17-33(37)38)14-21-9-10-21/h4,6-7,11-12,15-16,18-19,21,23,30H,5,8-10,13-14,17,20H2,1-3H3,(H,37,38)/t23-,30+/m0/s1. The minimum Gasteiger partial charge on any atom is -0.497 e. The van der Waals surface area contributed by atoms with Crippen molar-refractivity contribution in [1.29, 1.82) is 0 Å². The molecule has 212 valence electrons. The fraction of sp³-hybridized carbons (Fsp3) is 0.441. The summed E-state index contributed by atoms with van der Waals surface area (Å²) in [6, 6.07) is 15.4. The first-order valence-corrected chi connectivity index (χ1v) is 14.3. The van der Waals surface area contributed by atoms with E-state index in [2.05, 4.69) is 13.8 Å². The molecule has 2 atom stereocenters. The third-order valence-electron chi connectivity index (χ3n) is 8.77. The molecule has 4 nitrogen and oxygen atoms in total. The monoisotopic (exact) mass is 548 g/mol. The molecule has 2 saturated carbocycles. The van der Waals surface area contributed by atoms with Gasteiger partial charge in [0.05, 0.1) is 13.5 Å². The first-order chi connectivity index (χ1) is 19.1. The van der Waals surface area contributed by atoms with Crippen LogP contribution in [0.3, 0.4) is 0 Å². The summed E-state index contributed by atoms with van der Waals surface area (Å²) in [6.07, 6.45) is 6.30. The number of benzene rings is 3. The van der Waals surface area contributed by atoms with Gasteiger partial charge in [0.1, 0.15) is 29.7 Å². The zero-order valence-corrected chi connectivity index (χ0v) is 23.5. The van der Waals surface area contributed by atoms with Crippen LogP contribution in [-0.2, 0) is 11.4 Å². The van der Waals surface area contributed by atoms with E-state index in [1.54, 1.807) is 12.1 Å². The lowest BCUT2D eigenvalue weighted by molar-refractivity contribution is -0.137. The molecule has 3 aromatic rings. The number of hydrogen-bond acceptors (Lipinski definition) is 3. The maximum atomic E-state index is 15.6. The minimum absolute atomic E-state index is 0.00487. The first kappa shape index (κ1) is 28.1. The molecule has 0 heterocycles. The topological polar surface area (TPSA) is 55.8 Å². The average Bonchev–Trinajstić information content (AvgIpc) is 3.67. The van der Waals surface area contributed by atoms with Gasteiger partial charge < -0.3 is 14.6 Å². The summed E-state index contributed by atoms with van der Waals surface area (Å²) in [5, 5.41) is 9.43. The molecule has 6 heteroatoms. The summed E-state index contributed by atoms with van der Waals surface area (Å²) in [5.41, 5.74) is 3.15. The normalized spacial score (nSPS) is 18.9. The lowest BCUT2D eigenvalue weighted by Crippen LogP contribution is -2.17. The minimum atomic E-state index is -0.811. The highest BCUT2D eigenvalue weighted by Gasteiger charge is 2.37. The summed E-state index contributed by atoms with van der Waals surface area (Å²) in [7, 11) is 1.53. The molecule has 0 unspecified atom stereocenters. The third-order valence-corrected chi connectivity index (χ3v) is 8.77. The Morgan fingerprint density at radius 1 is 1.00 bits per heavy atom. The van der Waals surface area contributed by atoms with Crippen molar-refractivity contribution in [3.8, 4) is 22.6 Å². The van der Waals surface area contributed by atoms with Gasteiger partial charge in [-0.25, -0.2) is 8.78 Å². The SMILES string of the molecule is COc1ccc(F)c(-c2cc(F)c(COc3cccc([C@H](CC(=O)O)CC4CC4)c3)cc2[C@H]2CCCC2(C)C)c1. The number of methoxy groups -OCH3 is 1. The molecule has 0 saturated heterocycles. The van der Waals surface area contributed by atoms with Crippen LogP contribution in [0.4, 0.5) is 8.78 Å². The van der Waals surface area contributed by atoms with Crippen LogP contribution in [0.5, 0.6) is 11.5 Å². The van der Waals surface area contributed by atoms with Crippen molar-refractivity contribution in [2.75, 3.05) is 7.11 Å². The quantitative estimate of drug-likeness (QED) is 0.260. The summed E-state index contributed by atoms with van der Waals surface area (Å²) >= 11 is 0. The van der Waals surface area contributed by atoms with Crippen LogP contribution in [0, 0.1) is 23.0 Å². The third kappa shape index (κ3) is 6.32. The Morgan fingerprint density at radius 3 is 2.48 bits per heavy atom. The molecule has 2 fully saturated rings. The summed E-state index contributed by atoms with van der Waals surface area (Å²) in [5.74, 6) is 0.0830. The predicted octanol–water partition coefficient (Wildman–Crippen LogP) is 8.87. The maximum Gasteiger partial charge on any atom is 0.303 e. The lowest BCUT2D eigenvalue weighted by atomic mass is 9.75. The molecule has 0 radical (unpaired) electrons. The van der Waals surface area contributed by atoms with Gasteiger partial charge in [-0.3, -0.25) is 4.79 Å². The van der Waals surface area contributed by atoms with Gasteiger partial charge in [-0.15, -0.1) is 0 Å². The fourth-order valence-electron chi connectivity index (χ4n) is 6.33. The highest BCUT2D eigenvalue weighted by molar-refractivity contribution is 5.71. The Morgan fingerprint density at radius 2 is 1.80 bits per heavy atom. The van der Waals surface area contributed by atoms with Gasteiger partial charge in [-0.05, 0) is 102 Å². The van der Waals surface area contributed by atoms with Crippen LogP contribution in [0.2, 0.25) is 0 Å². The Hall–Kier alpha value is -3.41. The average molecular weight is 549 g/mol. The van der Waals surface area contributed by atoms with Gasteiger partial charge in [0.25, 0.3) is 0 Å². The van der Waals surface area contributed by atoms with E-state index in [0.717, 1.165) is 49.7 Å². The van der Waals surface area contributed by atoms with Crippen LogP contribution in [0.25, 0.3) is 11.1 Å². The van der Waals surface area contributed by atoms with Gasteiger partial charge in [0.15, 0.2) is 0 Å². The Labute approximate surface area is 235 Å². The van der Waals surface area contributed by atoms with Gasteiger partial charge in [0.2, 0.25) is 0 Å². The molecule has 0 spiro atoms. The smallest absolute Gasteiger partial charge is 0.303 e. The molecule has 0 amide bonds. The van der Waals surface area contributed by atoms with E-state index in [9.17, 15) is 9.90 Å². The molecule has 40 heavy (non-hydrogen) atoms. The lowest BCUT2D eigenvalue weighted by Gasteiger charge is -2.30. The zero-order valence-electron chi connectivity index (χ0n) is 23.5. The second-order valence-corrected chi connectivity index (χ2v) is 12.1. The summed E-state index contributed by atoms with van der Waals surface area (Å²) in [6.45, 7) is 4.45. The predicted molar refractivity (Wildman–Crippen MR) is 152 cm³/mol. The van der Waals surface area contributed by atoms with Crippen molar-refractivity contribution in [3.05, 3.63) is 82.9 Å². The number of hydrogen-bond donors (Lipinski definition) is 1. The van der Waals surface area contributed by atoms with Crippen LogP contribution >= 0.6 is 0 Å². The number of carboxylic acid groups (broad SMARTS) is 1. The Kier molecular flexibility index (Phi) is 8.16. The number of aliphatic carboxylic acids is 1. The number of rotatable bonds is 11. The molecule has 0 aromatic heterocycles. The van der Waals surface area contributed by atoms with Crippen molar-refractivity contribution in [1.82, 2.24) is 0 Å². The van der Waals surface area contributed by atoms with E-state index in [0.29, 0.717) is 34.1 Å². The zero-order chi connectivity index (χ0) is 28.4. The number of carboxylic acids is 1. The van der Waals surface area contributed by atoms with E-state index in [1.165, 1.54) is 19.2 Å². The molecule has 2 aliphatic carbocycles.